The molecule has 1 aromatic rings. The van der Waals surface area contributed by atoms with Gasteiger partial charge in [0.05, 0.1) is 13.2 Å². The average Bonchev–Trinajstić information content (AvgIpc) is 2.91. The van der Waals surface area contributed by atoms with Gasteiger partial charge in [0.1, 0.15) is 11.9 Å². The van der Waals surface area contributed by atoms with Crippen LogP contribution in [-0.2, 0) is 4.74 Å². The van der Waals surface area contributed by atoms with E-state index in [0.29, 0.717) is 0 Å². The van der Waals surface area contributed by atoms with Gasteiger partial charge in [-0.3, -0.25) is 0 Å². The largest absolute Gasteiger partial charge is 0.496 e. The van der Waals surface area contributed by atoms with E-state index >= 15 is 0 Å². The van der Waals surface area contributed by atoms with Gasteiger partial charge >= 0.3 is 0 Å². The van der Waals surface area contributed by atoms with Gasteiger partial charge in [0.25, 0.3) is 0 Å². The molecule has 0 N–H and O–H groups in total. The Morgan fingerprint density at radius 1 is 1.40 bits per heavy atom. The Hall–Kier alpha value is -0.730. The molecule has 1 saturated heterocycles. The Kier molecular flexibility index (Phi) is 2.65. The fourth-order valence-electron chi connectivity index (χ4n) is 1.95. The van der Waals surface area contributed by atoms with E-state index in [0.717, 1.165) is 27.5 Å². The van der Waals surface area contributed by atoms with Crippen molar-refractivity contribution in [1.29, 1.82) is 0 Å². The van der Waals surface area contributed by atoms with Crippen LogP contribution in [0.4, 0.5) is 0 Å². The molecule has 0 radical (unpaired) electrons. The molecule has 15 heavy (non-hydrogen) atoms. The third-order valence-corrected chi connectivity index (χ3v) is 3.49. The highest BCUT2D eigenvalue weighted by atomic mass is 35.5. The molecule has 3 heteroatoms. The monoisotopic (exact) mass is 226 g/mol. The van der Waals surface area contributed by atoms with Crippen LogP contribution in [-0.4, -0.2) is 13.2 Å². The van der Waals surface area contributed by atoms with E-state index in [-0.39, 0.29) is 12.2 Å². The zero-order valence-electron chi connectivity index (χ0n) is 9.43. The van der Waals surface area contributed by atoms with Gasteiger partial charge in [0.15, 0.2) is 0 Å². The minimum atomic E-state index is 0.151. The summed E-state index contributed by atoms with van der Waals surface area (Å²) in [6, 6.07) is 1.97. The molecule has 2 unspecified atom stereocenters. The first-order valence-corrected chi connectivity index (χ1v) is 5.43. The summed E-state index contributed by atoms with van der Waals surface area (Å²) in [6.07, 6.45) is 0.425. The zero-order chi connectivity index (χ0) is 11.2. The van der Waals surface area contributed by atoms with Gasteiger partial charge in [0, 0.05) is 10.6 Å². The van der Waals surface area contributed by atoms with Crippen molar-refractivity contribution in [3.8, 4) is 5.75 Å². The van der Waals surface area contributed by atoms with E-state index in [4.69, 9.17) is 21.1 Å². The molecule has 0 spiro atoms. The van der Waals surface area contributed by atoms with Gasteiger partial charge in [-0.05, 0) is 38.0 Å². The summed E-state index contributed by atoms with van der Waals surface area (Å²) in [6.45, 7) is 6.05. The molecule has 82 valence electrons. The number of halogens is 1. The summed E-state index contributed by atoms with van der Waals surface area (Å²) in [5.74, 6) is 0.878. The fraction of sp³-hybridized carbons (Fsp3) is 0.500. The minimum absolute atomic E-state index is 0.151. The third-order valence-electron chi connectivity index (χ3n) is 2.91. The van der Waals surface area contributed by atoms with Crippen molar-refractivity contribution in [2.45, 2.75) is 33.0 Å². The van der Waals surface area contributed by atoms with Crippen LogP contribution in [0, 0.1) is 13.8 Å². The lowest BCUT2D eigenvalue weighted by Crippen LogP contribution is -1.98. The molecule has 1 aromatic carbocycles. The summed E-state index contributed by atoms with van der Waals surface area (Å²) in [4.78, 5) is 0. The van der Waals surface area contributed by atoms with Crippen molar-refractivity contribution < 1.29 is 9.47 Å². The van der Waals surface area contributed by atoms with E-state index in [1.54, 1.807) is 7.11 Å². The Morgan fingerprint density at radius 2 is 2.00 bits per heavy atom. The van der Waals surface area contributed by atoms with Crippen molar-refractivity contribution in [3.63, 3.8) is 0 Å². The fourth-order valence-corrected chi connectivity index (χ4v) is 2.10. The average molecular weight is 227 g/mol. The van der Waals surface area contributed by atoms with Crippen LogP contribution in [0.15, 0.2) is 6.07 Å². The first-order chi connectivity index (χ1) is 7.06. The van der Waals surface area contributed by atoms with E-state index in [1.165, 1.54) is 0 Å². The second-order valence-corrected chi connectivity index (χ2v) is 4.39. The Labute approximate surface area is 95.1 Å². The molecule has 0 aliphatic carbocycles. The number of ether oxygens (including phenoxy) is 2. The molecule has 1 heterocycles. The highest BCUT2D eigenvalue weighted by Gasteiger charge is 2.39. The zero-order valence-corrected chi connectivity index (χ0v) is 10.2. The van der Waals surface area contributed by atoms with Crippen molar-refractivity contribution in [1.82, 2.24) is 0 Å². The van der Waals surface area contributed by atoms with E-state index in [9.17, 15) is 0 Å². The molecule has 1 aliphatic heterocycles. The highest BCUT2D eigenvalue weighted by Crippen LogP contribution is 2.46. The molecule has 1 aliphatic rings. The number of benzene rings is 1. The quantitative estimate of drug-likeness (QED) is 0.721. The lowest BCUT2D eigenvalue weighted by atomic mass is 10.00. The Balaban J connectivity index is 2.55. The number of rotatable bonds is 2. The van der Waals surface area contributed by atoms with Crippen LogP contribution in [0.25, 0.3) is 0 Å². The van der Waals surface area contributed by atoms with Crippen LogP contribution in [0.2, 0.25) is 5.02 Å². The lowest BCUT2D eigenvalue weighted by Gasteiger charge is -2.13. The third kappa shape index (κ3) is 1.72. The number of hydrogen-bond acceptors (Lipinski definition) is 2. The molecule has 0 aromatic heterocycles. The smallest absolute Gasteiger partial charge is 0.125 e. The molecule has 2 atom stereocenters. The van der Waals surface area contributed by atoms with Gasteiger partial charge in [-0.2, -0.15) is 0 Å². The molecule has 0 bridgehead atoms. The van der Waals surface area contributed by atoms with Crippen LogP contribution < -0.4 is 4.74 Å². The number of methoxy groups -OCH3 is 1. The maximum absolute atomic E-state index is 6.22. The summed E-state index contributed by atoms with van der Waals surface area (Å²) in [5.41, 5.74) is 3.21. The molecule has 2 nitrogen and oxygen atoms in total. The van der Waals surface area contributed by atoms with Crippen molar-refractivity contribution in [2.24, 2.45) is 0 Å². The molecule has 0 saturated carbocycles. The van der Waals surface area contributed by atoms with E-state index in [1.807, 2.05) is 19.9 Å². The minimum Gasteiger partial charge on any atom is -0.496 e. The van der Waals surface area contributed by atoms with E-state index < -0.39 is 0 Å². The van der Waals surface area contributed by atoms with Crippen molar-refractivity contribution in [3.05, 3.63) is 27.8 Å². The van der Waals surface area contributed by atoms with Gasteiger partial charge < -0.3 is 9.47 Å². The predicted octanol–water partition coefficient (Wildman–Crippen LogP) is 3.43. The van der Waals surface area contributed by atoms with Crippen molar-refractivity contribution >= 4 is 11.6 Å². The van der Waals surface area contributed by atoms with Crippen LogP contribution in [0.5, 0.6) is 5.75 Å². The van der Waals surface area contributed by atoms with Crippen LogP contribution in [0.1, 0.15) is 29.7 Å². The topological polar surface area (TPSA) is 21.8 Å². The molecule has 1 fully saturated rings. The first kappa shape index (κ1) is 10.8. The number of epoxide rings is 1. The van der Waals surface area contributed by atoms with Gasteiger partial charge in [-0.15, -0.1) is 0 Å². The molecule has 0 amide bonds. The molecular weight excluding hydrogens is 212 g/mol. The summed E-state index contributed by atoms with van der Waals surface area (Å²) < 4.78 is 10.9. The summed E-state index contributed by atoms with van der Waals surface area (Å²) in [5, 5.41) is 0.813. The standard InChI is InChI=1S/C12H15ClO2/c1-6-5-9(14-4)10(7(2)11(6)13)12-8(3)15-12/h5,8,12H,1-4H3. The van der Waals surface area contributed by atoms with Gasteiger partial charge in [-0.1, -0.05) is 11.6 Å². The summed E-state index contributed by atoms with van der Waals surface area (Å²) in [7, 11) is 1.68. The van der Waals surface area contributed by atoms with Gasteiger partial charge in [-0.25, -0.2) is 0 Å². The highest BCUT2D eigenvalue weighted by molar-refractivity contribution is 6.32. The molecular formula is C12H15ClO2. The Bertz CT molecular complexity index is 401. The Morgan fingerprint density at radius 3 is 2.47 bits per heavy atom. The second-order valence-electron chi connectivity index (χ2n) is 4.01. The summed E-state index contributed by atoms with van der Waals surface area (Å²) >= 11 is 6.22. The molecule has 2 rings (SSSR count). The normalized spacial score (nSPS) is 24.1. The SMILES string of the molecule is COc1cc(C)c(Cl)c(C)c1C1OC1C. The number of aryl methyl sites for hydroxylation is 1. The lowest BCUT2D eigenvalue weighted by molar-refractivity contribution is 0.367. The maximum Gasteiger partial charge on any atom is 0.125 e. The van der Waals surface area contributed by atoms with Crippen LogP contribution >= 0.6 is 11.6 Å². The van der Waals surface area contributed by atoms with E-state index in [2.05, 4.69) is 6.92 Å². The first-order valence-electron chi connectivity index (χ1n) is 5.05. The van der Waals surface area contributed by atoms with Gasteiger partial charge in [0.2, 0.25) is 0 Å². The second kappa shape index (κ2) is 3.69. The van der Waals surface area contributed by atoms with Crippen molar-refractivity contribution in [2.75, 3.05) is 7.11 Å². The number of hydrogen-bond donors (Lipinski definition) is 0. The maximum atomic E-state index is 6.22. The van der Waals surface area contributed by atoms with Crippen LogP contribution in [0.3, 0.4) is 0 Å². The predicted molar refractivity (Wildman–Crippen MR) is 60.8 cm³/mol.